The Balaban J connectivity index is 2.30. The van der Waals surface area contributed by atoms with Gasteiger partial charge in [-0.3, -0.25) is 0 Å². The van der Waals surface area contributed by atoms with Crippen LogP contribution in [0.1, 0.15) is 17.9 Å². The molecular formula is C12H13FN2S. The summed E-state index contributed by atoms with van der Waals surface area (Å²) in [6, 6.07) is 1.86. The van der Waals surface area contributed by atoms with Crippen LogP contribution in [0.4, 0.5) is 4.39 Å². The molecule has 0 bridgehead atoms. The van der Waals surface area contributed by atoms with Crippen molar-refractivity contribution in [3.63, 3.8) is 0 Å². The van der Waals surface area contributed by atoms with Crippen LogP contribution in [-0.2, 0) is 0 Å². The van der Waals surface area contributed by atoms with Gasteiger partial charge in [-0.2, -0.15) is 11.8 Å². The number of thioether (sulfide) groups is 1. The minimum atomic E-state index is -0.0934. The van der Waals surface area contributed by atoms with E-state index in [0.717, 1.165) is 11.3 Å². The molecule has 16 heavy (non-hydrogen) atoms. The van der Waals surface area contributed by atoms with Crippen LogP contribution in [0.5, 0.6) is 0 Å². The van der Waals surface area contributed by atoms with E-state index in [0.29, 0.717) is 12.2 Å². The van der Waals surface area contributed by atoms with E-state index in [9.17, 15) is 4.39 Å². The van der Waals surface area contributed by atoms with Gasteiger partial charge in [0.1, 0.15) is 5.83 Å². The highest BCUT2D eigenvalue weighted by molar-refractivity contribution is 7.99. The Hall–Kier alpha value is -1.16. The Labute approximate surface area is 98.7 Å². The number of nitrogens with zero attached hydrogens (tertiary/aromatic N) is 2. The Morgan fingerprint density at radius 1 is 1.44 bits per heavy atom. The summed E-state index contributed by atoms with van der Waals surface area (Å²) < 4.78 is 13.4. The van der Waals surface area contributed by atoms with Crippen molar-refractivity contribution in [1.29, 1.82) is 0 Å². The van der Waals surface area contributed by atoms with Crippen molar-refractivity contribution in [3.05, 3.63) is 41.8 Å². The highest BCUT2D eigenvalue weighted by Crippen LogP contribution is 2.32. The summed E-state index contributed by atoms with van der Waals surface area (Å²) in [5, 5.41) is -0.0934. The molecule has 1 heterocycles. The van der Waals surface area contributed by atoms with Crippen molar-refractivity contribution in [2.75, 3.05) is 6.26 Å². The Bertz CT molecular complexity index is 454. The summed E-state index contributed by atoms with van der Waals surface area (Å²) in [5.74, 6) is 0.645. The first-order valence-corrected chi connectivity index (χ1v) is 6.38. The van der Waals surface area contributed by atoms with E-state index in [-0.39, 0.29) is 11.1 Å². The molecule has 1 atom stereocenters. The largest absolute Gasteiger partial charge is 0.237 e. The molecule has 1 aliphatic carbocycles. The molecule has 0 N–H and O–H groups in total. The molecule has 0 saturated heterocycles. The van der Waals surface area contributed by atoms with Crippen molar-refractivity contribution < 1.29 is 4.39 Å². The monoisotopic (exact) mass is 236 g/mol. The molecular weight excluding hydrogens is 223 g/mol. The van der Waals surface area contributed by atoms with Crippen LogP contribution in [0, 0.1) is 6.92 Å². The summed E-state index contributed by atoms with van der Waals surface area (Å²) in [6.07, 6.45) is 7.61. The zero-order chi connectivity index (χ0) is 11.5. The summed E-state index contributed by atoms with van der Waals surface area (Å²) in [6.45, 7) is 1.93. The third-order valence-electron chi connectivity index (χ3n) is 2.52. The average molecular weight is 236 g/mol. The van der Waals surface area contributed by atoms with Crippen molar-refractivity contribution in [2.24, 2.45) is 0 Å². The lowest BCUT2D eigenvalue weighted by Gasteiger charge is -2.17. The molecule has 1 unspecified atom stereocenters. The number of halogens is 1. The zero-order valence-electron chi connectivity index (χ0n) is 9.27. The molecule has 0 saturated carbocycles. The highest BCUT2D eigenvalue weighted by atomic mass is 32.2. The molecule has 1 aliphatic rings. The summed E-state index contributed by atoms with van der Waals surface area (Å²) in [7, 11) is 0. The molecule has 0 aliphatic heterocycles. The maximum absolute atomic E-state index is 13.4. The molecule has 1 aromatic heterocycles. The number of allylic oxidation sites excluding steroid dienone is 3. The lowest BCUT2D eigenvalue weighted by Crippen LogP contribution is -2.09. The second-order valence-corrected chi connectivity index (χ2v) is 4.73. The van der Waals surface area contributed by atoms with Gasteiger partial charge in [0.25, 0.3) is 0 Å². The molecule has 2 rings (SSSR count). The van der Waals surface area contributed by atoms with Gasteiger partial charge < -0.3 is 0 Å². The molecule has 0 aromatic carbocycles. The predicted octanol–water partition coefficient (Wildman–Crippen LogP) is 3.16. The lowest BCUT2D eigenvalue weighted by molar-refractivity contribution is 0.597. The third-order valence-corrected chi connectivity index (χ3v) is 3.48. The van der Waals surface area contributed by atoms with E-state index in [2.05, 4.69) is 9.97 Å². The van der Waals surface area contributed by atoms with E-state index >= 15 is 0 Å². The maximum atomic E-state index is 13.4. The first kappa shape index (κ1) is 11.3. The molecule has 0 radical (unpaired) electrons. The van der Waals surface area contributed by atoms with E-state index in [1.807, 2.05) is 19.2 Å². The molecule has 84 valence electrons. The van der Waals surface area contributed by atoms with Crippen LogP contribution in [-0.4, -0.2) is 21.5 Å². The van der Waals surface area contributed by atoms with Gasteiger partial charge in [-0.25, -0.2) is 14.4 Å². The van der Waals surface area contributed by atoms with Gasteiger partial charge in [-0.15, -0.1) is 0 Å². The Morgan fingerprint density at radius 3 is 2.94 bits per heavy atom. The molecule has 0 fully saturated rings. The van der Waals surface area contributed by atoms with Crippen LogP contribution >= 0.6 is 11.8 Å². The van der Waals surface area contributed by atoms with Gasteiger partial charge in [0, 0.05) is 11.9 Å². The zero-order valence-corrected chi connectivity index (χ0v) is 10.1. The molecule has 4 heteroatoms. The number of hydrogen-bond donors (Lipinski definition) is 0. The first-order valence-electron chi connectivity index (χ1n) is 5.10. The molecule has 2 nitrogen and oxygen atoms in total. The number of aromatic nitrogens is 2. The van der Waals surface area contributed by atoms with Crippen LogP contribution in [0.2, 0.25) is 0 Å². The fraction of sp³-hybridized carbons (Fsp3) is 0.333. The minimum absolute atomic E-state index is 0.0658. The fourth-order valence-corrected chi connectivity index (χ4v) is 2.27. The first-order chi connectivity index (χ1) is 7.70. The van der Waals surface area contributed by atoms with E-state index < -0.39 is 0 Å². The molecule has 0 amide bonds. The van der Waals surface area contributed by atoms with Crippen molar-refractivity contribution >= 4 is 17.3 Å². The second kappa shape index (κ2) is 4.78. The topological polar surface area (TPSA) is 25.8 Å². The quantitative estimate of drug-likeness (QED) is 0.788. The van der Waals surface area contributed by atoms with Crippen LogP contribution in [0.25, 0.3) is 5.57 Å². The normalized spacial score (nSPS) is 20.3. The van der Waals surface area contributed by atoms with Crippen molar-refractivity contribution in [3.8, 4) is 0 Å². The Morgan fingerprint density at radius 2 is 2.25 bits per heavy atom. The van der Waals surface area contributed by atoms with Gasteiger partial charge in [-0.05, 0) is 37.3 Å². The molecule has 1 aromatic rings. The summed E-state index contributed by atoms with van der Waals surface area (Å²) >= 11 is 1.52. The van der Waals surface area contributed by atoms with Gasteiger partial charge >= 0.3 is 0 Å². The standard InChI is InChI=1S/C12H13FN2S/c1-8-5-6-14-12(15-8)9-3-4-10(13)11(7-9)16-2/h3-6,11H,7H2,1-2H3. The number of aryl methyl sites for hydroxylation is 1. The average Bonchev–Trinajstić information content (AvgIpc) is 2.29. The summed E-state index contributed by atoms with van der Waals surface area (Å²) in [4.78, 5) is 8.57. The van der Waals surface area contributed by atoms with Gasteiger partial charge in [-0.1, -0.05) is 6.08 Å². The van der Waals surface area contributed by atoms with Crippen molar-refractivity contribution in [1.82, 2.24) is 9.97 Å². The van der Waals surface area contributed by atoms with Gasteiger partial charge in [0.15, 0.2) is 5.82 Å². The van der Waals surface area contributed by atoms with Crippen LogP contribution in [0.15, 0.2) is 30.2 Å². The summed E-state index contributed by atoms with van der Waals surface area (Å²) in [5.41, 5.74) is 1.94. The fourth-order valence-electron chi connectivity index (χ4n) is 1.62. The van der Waals surface area contributed by atoms with E-state index in [1.165, 1.54) is 17.8 Å². The van der Waals surface area contributed by atoms with Crippen molar-refractivity contribution in [2.45, 2.75) is 18.6 Å². The van der Waals surface area contributed by atoms with E-state index in [4.69, 9.17) is 0 Å². The Kier molecular flexibility index (Phi) is 3.39. The van der Waals surface area contributed by atoms with Gasteiger partial charge in [0.2, 0.25) is 0 Å². The number of rotatable bonds is 2. The smallest absolute Gasteiger partial charge is 0.155 e. The maximum Gasteiger partial charge on any atom is 0.155 e. The van der Waals surface area contributed by atoms with Crippen LogP contribution in [0.3, 0.4) is 0 Å². The van der Waals surface area contributed by atoms with Crippen LogP contribution < -0.4 is 0 Å². The SMILES string of the molecule is CSC1CC(c2nccc(C)n2)=CC=C1F. The number of hydrogen-bond acceptors (Lipinski definition) is 3. The predicted molar refractivity (Wildman–Crippen MR) is 65.9 cm³/mol. The third kappa shape index (κ3) is 2.32. The second-order valence-electron chi connectivity index (χ2n) is 3.69. The molecule has 0 spiro atoms. The van der Waals surface area contributed by atoms with Gasteiger partial charge in [0.05, 0.1) is 5.25 Å². The highest BCUT2D eigenvalue weighted by Gasteiger charge is 2.20. The van der Waals surface area contributed by atoms with E-state index in [1.54, 1.807) is 12.3 Å². The minimum Gasteiger partial charge on any atom is -0.237 e. The lowest BCUT2D eigenvalue weighted by atomic mass is 10.0.